The molecule has 0 saturated heterocycles. The molecule has 1 aliphatic carbocycles. The molecule has 0 saturated carbocycles. The largest absolute Gasteiger partial charge is 0.511 e. The zero-order valence-corrected chi connectivity index (χ0v) is 20.2. The van der Waals surface area contributed by atoms with E-state index in [0.29, 0.717) is 54.6 Å². The number of amides is 2. The van der Waals surface area contributed by atoms with Crippen LogP contribution in [0.3, 0.4) is 0 Å². The first-order valence-electron chi connectivity index (χ1n) is 12.2. The Hall–Kier alpha value is -2.76. The molecule has 6 heteroatoms. The SMILES string of the molecule is CCCCCCCN=C(CCCN1C(=O)c2ccccc2C1=O)C1=C(O)CC(C)(C)CC1=O. The molecule has 0 fully saturated rings. The third-order valence-electron chi connectivity index (χ3n) is 6.38. The Morgan fingerprint density at radius 3 is 2.21 bits per heavy atom. The minimum atomic E-state index is -0.275. The van der Waals surface area contributed by atoms with E-state index in [1.165, 1.54) is 24.2 Å². The number of hydrogen-bond donors (Lipinski definition) is 1. The van der Waals surface area contributed by atoms with Gasteiger partial charge < -0.3 is 5.11 Å². The van der Waals surface area contributed by atoms with Gasteiger partial charge in [-0.2, -0.15) is 0 Å². The molecular formula is C27H36N2O4. The Morgan fingerprint density at radius 1 is 0.970 bits per heavy atom. The second kappa shape index (κ2) is 10.9. The molecule has 33 heavy (non-hydrogen) atoms. The van der Waals surface area contributed by atoms with Crippen LogP contribution in [-0.4, -0.2) is 46.4 Å². The molecule has 1 aromatic carbocycles. The third-order valence-corrected chi connectivity index (χ3v) is 6.38. The number of carbonyl (C=O) groups excluding carboxylic acids is 3. The molecule has 0 unspecified atom stereocenters. The Bertz CT molecular complexity index is 939. The predicted octanol–water partition coefficient (Wildman–Crippen LogP) is 5.68. The summed E-state index contributed by atoms with van der Waals surface area (Å²) in [5.41, 5.74) is 1.57. The molecule has 0 bridgehead atoms. The van der Waals surface area contributed by atoms with Crippen LogP contribution in [0.5, 0.6) is 0 Å². The highest BCUT2D eigenvalue weighted by atomic mass is 16.3. The average Bonchev–Trinajstić information content (AvgIpc) is 2.99. The first kappa shape index (κ1) is 24.9. The number of nitrogens with zero attached hydrogens (tertiary/aromatic N) is 2. The molecule has 2 amide bonds. The lowest BCUT2D eigenvalue weighted by Crippen LogP contribution is -2.32. The fraction of sp³-hybridized carbons (Fsp3) is 0.556. The van der Waals surface area contributed by atoms with Gasteiger partial charge in [0.05, 0.1) is 16.7 Å². The molecular weight excluding hydrogens is 416 g/mol. The first-order chi connectivity index (χ1) is 15.7. The predicted molar refractivity (Wildman–Crippen MR) is 130 cm³/mol. The van der Waals surface area contributed by atoms with E-state index in [0.717, 1.165) is 12.8 Å². The van der Waals surface area contributed by atoms with Gasteiger partial charge in [-0.25, -0.2) is 0 Å². The number of benzene rings is 1. The number of fused-ring (bicyclic) bond motifs is 1. The van der Waals surface area contributed by atoms with Crippen LogP contribution < -0.4 is 0 Å². The molecule has 0 spiro atoms. The van der Waals surface area contributed by atoms with Crippen LogP contribution in [-0.2, 0) is 4.79 Å². The van der Waals surface area contributed by atoms with Gasteiger partial charge in [-0.3, -0.25) is 24.3 Å². The van der Waals surface area contributed by atoms with E-state index in [1.54, 1.807) is 24.3 Å². The van der Waals surface area contributed by atoms with Gasteiger partial charge in [0.1, 0.15) is 5.76 Å². The van der Waals surface area contributed by atoms with E-state index in [-0.39, 0.29) is 35.3 Å². The van der Waals surface area contributed by atoms with E-state index in [1.807, 2.05) is 13.8 Å². The Kier molecular flexibility index (Phi) is 8.22. The lowest BCUT2D eigenvalue weighted by Gasteiger charge is -2.30. The Labute approximate surface area is 196 Å². The van der Waals surface area contributed by atoms with Crippen LogP contribution in [0.25, 0.3) is 0 Å². The van der Waals surface area contributed by atoms with Gasteiger partial charge in [0.2, 0.25) is 0 Å². The van der Waals surface area contributed by atoms with E-state index in [4.69, 9.17) is 4.99 Å². The number of carbonyl (C=O) groups is 3. The topological polar surface area (TPSA) is 87.0 Å². The molecule has 0 atom stereocenters. The molecule has 3 rings (SSSR count). The lowest BCUT2D eigenvalue weighted by molar-refractivity contribution is -0.118. The summed E-state index contributed by atoms with van der Waals surface area (Å²) in [6, 6.07) is 6.85. The highest BCUT2D eigenvalue weighted by Gasteiger charge is 2.36. The van der Waals surface area contributed by atoms with Crippen molar-refractivity contribution in [3.8, 4) is 0 Å². The normalized spacial score (nSPS) is 18.3. The number of rotatable bonds is 11. The van der Waals surface area contributed by atoms with Gasteiger partial charge in [0.15, 0.2) is 5.78 Å². The van der Waals surface area contributed by atoms with Crippen molar-refractivity contribution in [1.29, 1.82) is 0 Å². The summed E-state index contributed by atoms with van der Waals surface area (Å²) in [4.78, 5) is 44.1. The summed E-state index contributed by atoms with van der Waals surface area (Å²) in [6.07, 6.45) is 7.33. The number of aliphatic hydroxyl groups is 1. The highest BCUT2D eigenvalue weighted by molar-refractivity contribution is 6.23. The summed E-state index contributed by atoms with van der Waals surface area (Å²) < 4.78 is 0. The maximum atomic E-state index is 12.9. The second-order valence-electron chi connectivity index (χ2n) is 9.92. The van der Waals surface area contributed by atoms with Crippen molar-refractivity contribution in [2.75, 3.05) is 13.1 Å². The lowest BCUT2D eigenvalue weighted by atomic mass is 9.75. The van der Waals surface area contributed by atoms with Crippen molar-refractivity contribution < 1.29 is 19.5 Å². The minimum absolute atomic E-state index is 0.0748. The Morgan fingerprint density at radius 2 is 1.61 bits per heavy atom. The molecule has 1 aliphatic heterocycles. The highest BCUT2D eigenvalue weighted by Crippen LogP contribution is 2.36. The number of Topliss-reactive ketones (excluding diaryl/α,β-unsaturated/α-hetero) is 1. The van der Waals surface area contributed by atoms with Crippen molar-refractivity contribution in [2.45, 2.75) is 78.6 Å². The third kappa shape index (κ3) is 5.98. The van der Waals surface area contributed by atoms with Crippen molar-refractivity contribution >= 4 is 23.3 Å². The summed E-state index contributed by atoms with van der Waals surface area (Å²) in [5, 5.41) is 10.7. The fourth-order valence-electron chi connectivity index (χ4n) is 4.67. The summed E-state index contributed by atoms with van der Waals surface area (Å²) in [5.74, 6) is -0.513. The van der Waals surface area contributed by atoms with Gasteiger partial charge in [-0.1, -0.05) is 58.6 Å². The zero-order chi connectivity index (χ0) is 24.0. The first-order valence-corrected chi connectivity index (χ1v) is 12.2. The van der Waals surface area contributed by atoms with E-state index < -0.39 is 0 Å². The smallest absolute Gasteiger partial charge is 0.261 e. The molecule has 6 nitrogen and oxygen atoms in total. The van der Waals surface area contributed by atoms with Crippen LogP contribution in [0, 0.1) is 5.41 Å². The molecule has 2 aliphatic rings. The standard InChI is InChI=1S/C27H36N2O4/c1-4-5-6-7-10-15-28-21(24-22(30)17-27(2,3)18-23(24)31)14-11-16-29-25(32)19-12-8-9-13-20(19)26(29)33/h8-9,12-13,30H,4-7,10-11,14-18H2,1-3H3. The molecule has 178 valence electrons. The van der Waals surface area contributed by atoms with Crippen molar-refractivity contribution in [3.05, 3.63) is 46.7 Å². The van der Waals surface area contributed by atoms with Gasteiger partial charge in [0, 0.05) is 31.6 Å². The maximum absolute atomic E-state index is 12.9. The number of allylic oxidation sites excluding steroid dienone is 2. The van der Waals surface area contributed by atoms with Crippen LogP contribution in [0.4, 0.5) is 0 Å². The molecule has 1 aromatic rings. The summed E-state index contributed by atoms with van der Waals surface area (Å²) in [6.45, 7) is 7.00. The zero-order valence-electron chi connectivity index (χ0n) is 20.2. The number of hydrogen-bond acceptors (Lipinski definition) is 5. The van der Waals surface area contributed by atoms with Crippen molar-refractivity contribution in [1.82, 2.24) is 4.90 Å². The second-order valence-corrected chi connectivity index (χ2v) is 9.92. The monoisotopic (exact) mass is 452 g/mol. The minimum Gasteiger partial charge on any atom is -0.511 e. The molecule has 1 heterocycles. The van der Waals surface area contributed by atoms with Crippen LogP contribution in [0.1, 0.15) is 99.3 Å². The number of ketones is 1. The van der Waals surface area contributed by atoms with Gasteiger partial charge in [-0.05, 0) is 36.8 Å². The van der Waals surface area contributed by atoms with Gasteiger partial charge in [0.25, 0.3) is 11.8 Å². The van der Waals surface area contributed by atoms with Crippen LogP contribution >= 0.6 is 0 Å². The quantitative estimate of drug-likeness (QED) is 0.266. The summed E-state index contributed by atoms with van der Waals surface area (Å²) >= 11 is 0. The van der Waals surface area contributed by atoms with E-state index in [2.05, 4.69) is 6.92 Å². The van der Waals surface area contributed by atoms with Crippen LogP contribution in [0.2, 0.25) is 0 Å². The molecule has 0 aromatic heterocycles. The Balaban J connectivity index is 1.69. The molecule has 1 N–H and O–H groups in total. The van der Waals surface area contributed by atoms with Gasteiger partial charge >= 0.3 is 0 Å². The molecule has 0 radical (unpaired) electrons. The number of aliphatic imine (C=N–C) groups is 1. The van der Waals surface area contributed by atoms with Crippen molar-refractivity contribution in [2.24, 2.45) is 10.4 Å². The van der Waals surface area contributed by atoms with Gasteiger partial charge in [-0.15, -0.1) is 0 Å². The number of aliphatic hydroxyl groups excluding tert-OH is 1. The number of unbranched alkanes of at least 4 members (excludes halogenated alkanes) is 4. The number of imide groups is 1. The average molecular weight is 453 g/mol. The maximum Gasteiger partial charge on any atom is 0.261 e. The van der Waals surface area contributed by atoms with E-state index in [9.17, 15) is 19.5 Å². The van der Waals surface area contributed by atoms with Crippen LogP contribution in [0.15, 0.2) is 40.6 Å². The van der Waals surface area contributed by atoms with Crippen molar-refractivity contribution in [3.63, 3.8) is 0 Å². The van der Waals surface area contributed by atoms with E-state index >= 15 is 0 Å². The fourth-order valence-corrected chi connectivity index (χ4v) is 4.67. The summed E-state index contributed by atoms with van der Waals surface area (Å²) in [7, 11) is 0.